The van der Waals surface area contributed by atoms with Crippen molar-refractivity contribution in [2.75, 3.05) is 56.6 Å². The van der Waals surface area contributed by atoms with E-state index < -0.39 is 73.1 Å². The Kier molecular flexibility index (Phi) is 14.8. The van der Waals surface area contributed by atoms with Crippen molar-refractivity contribution in [1.29, 1.82) is 0 Å². The molecule has 0 bridgehead atoms. The first-order valence-electron chi connectivity index (χ1n) is 25.6. The highest BCUT2D eigenvalue weighted by atomic mass is 31.3. The number of imidazole rings is 1. The van der Waals surface area contributed by atoms with Gasteiger partial charge in [0.1, 0.15) is 54.7 Å². The van der Waals surface area contributed by atoms with Gasteiger partial charge in [0.25, 0.3) is 5.91 Å². The van der Waals surface area contributed by atoms with E-state index in [9.17, 15) is 53.3 Å². The zero-order valence-corrected chi connectivity index (χ0v) is 44.2. The number of nitrogens with two attached hydrogens (primary N) is 1. The van der Waals surface area contributed by atoms with Crippen LogP contribution in [0.4, 0.5) is 11.5 Å². The molecule has 28 heteroatoms. The fourth-order valence-electron chi connectivity index (χ4n) is 11.6. The van der Waals surface area contributed by atoms with E-state index >= 15 is 0 Å². The molecular formula is C49H57N8O17P3. The van der Waals surface area contributed by atoms with Crippen LogP contribution >= 0.6 is 23.5 Å². The number of aryl methyl sites for hydroxylation is 2. The summed E-state index contributed by atoms with van der Waals surface area (Å²) in [6, 6.07) is 8.87. The molecule has 77 heavy (non-hydrogen) atoms. The Balaban J connectivity index is 0.698. The largest absolute Gasteiger partial charge is 0.545 e. The highest BCUT2D eigenvalue weighted by Crippen LogP contribution is 2.68. The number of phosphoric ester groups is 2. The van der Waals surface area contributed by atoms with Gasteiger partial charge in [-0.2, -0.15) is 8.62 Å². The topological polar surface area (TPSA) is 353 Å². The third-order valence-corrected chi connectivity index (χ3v) is 19.2. The number of phosphoric acid groups is 3. The lowest BCUT2D eigenvalue weighted by Gasteiger charge is -2.39. The summed E-state index contributed by atoms with van der Waals surface area (Å²) in [7, 11) is -16.8. The van der Waals surface area contributed by atoms with E-state index in [1.807, 2.05) is 0 Å². The van der Waals surface area contributed by atoms with Crippen LogP contribution in [0.2, 0.25) is 0 Å². The van der Waals surface area contributed by atoms with Gasteiger partial charge in [-0.15, -0.1) is 0 Å². The van der Waals surface area contributed by atoms with Crippen LogP contribution in [-0.4, -0.2) is 121 Å². The van der Waals surface area contributed by atoms with Gasteiger partial charge in [-0.25, -0.2) is 33.2 Å². The number of nitrogen functional groups attached to an aromatic ring is 1. The van der Waals surface area contributed by atoms with Gasteiger partial charge in [-0.05, 0) is 86.8 Å². The zero-order valence-electron chi connectivity index (χ0n) is 41.5. The summed E-state index contributed by atoms with van der Waals surface area (Å²) in [5, 5.41) is 39.2. The molecule has 8 N–H and O–H groups in total. The van der Waals surface area contributed by atoms with Gasteiger partial charge in [0.2, 0.25) is 5.36 Å². The summed E-state index contributed by atoms with van der Waals surface area (Å²) in [6.45, 7) is 2.67. The average molecular weight is 1120 g/mol. The van der Waals surface area contributed by atoms with Gasteiger partial charge >= 0.3 is 23.5 Å². The second-order valence-corrected chi connectivity index (χ2v) is 24.5. The third kappa shape index (κ3) is 10.6. The number of nitrogens with zero attached hydrogens (tertiary/aromatic N) is 6. The fraction of sp³-hybridized carbons (Fsp3) is 0.469. The number of ether oxygens (including phenoxy) is 2. The highest BCUT2D eigenvalue weighted by Gasteiger charge is 2.47. The monoisotopic (exact) mass is 1120 g/mol. The maximum atomic E-state index is 13.8. The van der Waals surface area contributed by atoms with E-state index in [0.29, 0.717) is 30.4 Å². The van der Waals surface area contributed by atoms with Crippen molar-refractivity contribution in [2.45, 2.75) is 102 Å². The number of carbonyl (C=O) groups excluding carboxylic acids is 2. The zero-order chi connectivity index (χ0) is 54.0. The minimum absolute atomic E-state index is 0.0299. The molecule has 2 aromatic heterocycles. The normalized spacial score (nSPS) is 22.7. The standard InChI is InChI=1S/C49H57N8O17P3/c50-45-38-46(53-25-52-45)57(26-54-38)48-42(59)41(58)36(71-48)24-70-76(65,66)74-77(67,68)73-75(63,64)69-20-4-2-1-3-15-51-47(60)29-13-14-30(49(61)62)33(23-29)37-34-21-27-9-5-16-55-18-7-11-31(39(27)55)43(34)72-44-32-12-8-19-56-17-6-10-28(40(32)56)22-35(37)44/h13-14,21-23,25-26,36,41-42,48,58-59H,1-12,15-20,24H2,(H6-,50,51,52,53,60,61,62,63,64,65,66,67,68)/t36-,41-,42-,48-/m1/s1. The van der Waals surface area contributed by atoms with E-state index in [-0.39, 0.29) is 41.1 Å². The first kappa shape index (κ1) is 53.5. The van der Waals surface area contributed by atoms with Gasteiger partial charge in [0.15, 0.2) is 17.7 Å². The molecule has 25 nitrogen and oxygen atoms in total. The number of amides is 1. The minimum Gasteiger partial charge on any atom is -0.545 e. The maximum Gasteiger partial charge on any atom is 0.490 e. The van der Waals surface area contributed by atoms with Gasteiger partial charge in [0, 0.05) is 76.8 Å². The molecule has 1 amide bonds. The number of carboxylic acids is 1. The molecule has 7 atom stereocenters. The van der Waals surface area contributed by atoms with Crippen LogP contribution in [0.15, 0.2) is 43.0 Å². The SMILES string of the molecule is Nc1ncnc2c1ncn2[C@@H]1O[C@H](COP(=O)(O)OP(=O)(O)OP(=O)(O)OCCCCCCNC(=O)c2ccc(C(=O)[O-])c(C3=c4cc5c6c(c4Oc4c3cc3c7c4CCCN7CCC3)CCC[N+]=6CCC5)c2)[C@@H](O)[C@H]1O. The van der Waals surface area contributed by atoms with E-state index in [0.717, 1.165) is 117 Å². The Morgan fingerprint density at radius 1 is 0.818 bits per heavy atom. The predicted octanol–water partition coefficient (Wildman–Crippen LogP) is 2.18. The minimum atomic E-state index is -5.83. The summed E-state index contributed by atoms with van der Waals surface area (Å²) >= 11 is 0. The highest BCUT2D eigenvalue weighted by molar-refractivity contribution is 7.66. The Bertz CT molecular complexity index is 3500. The smallest absolute Gasteiger partial charge is 0.490 e. The lowest BCUT2D eigenvalue weighted by Crippen LogP contribution is -2.45. The number of anilines is 2. The number of aromatic carboxylic acids is 1. The number of unbranched alkanes of at least 4 members (excludes halogenated alkanes) is 3. The molecule has 3 unspecified atom stereocenters. The number of hydrogen-bond acceptors (Lipinski definition) is 19. The molecule has 0 aliphatic carbocycles. The predicted molar refractivity (Wildman–Crippen MR) is 271 cm³/mol. The summed E-state index contributed by atoms with van der Waals surface area (Å²) in [6.07, 6.45) is 5.05. The quantitative estimate of drug-likeness (QED) is 0.0347. The van der Waals surface area contributed by atoms with Crippen molar-refractivity contribution in [2.24, 2.45) is 0 Å². The van der Waals surface area contributed by atoms with Crippen molar-refractivity contribution in [1.82, 2.24) is 29.4 Å². The number of nitrogens with one attached hydrogen (secondary N) is 1. The molecular weight excluding hydrogens is 1070 g/mol. The summed E-state index contributed by atoms with van der Waals surface area (Å²) in [5.74, 6) is -0.264. The third-order valence-electron chi connectivity index (χ3n) is 14.9. The van der Waals surface area contributed by atoms with Crippen LogP contribution in [0.5, 0.6) is 11.5 Å². The van der Waals surface area contributed by atoms with Crippen molar-refractivity contribution < 1.29 is 80.4 Å². The maximum absolute atomic E-state index is 13.8. The summed E-state index contributed by atoms with van der Waals surface area (Å²) in [4.78, 5) is 71.6. The van der Waals surface area contributed by atoms with Crippen LogP contribution in [0.1, 0.15) is 112 Å². The Morgan fingerprint density at radius 3 is 2.34 bits per heavy atom. The van der Waals surface area contributed by atoms with E-state index in [4.69, 9.17) is 24.3 Å². The summed E-state index contributed by atoms with van der Waals surface area (Å²) < 4.78 is 72.0. The fourth-order valence-corrected chi connectivity index (χ4v) is 15.1. The number of hydrogen-bond donors (Lipinski definition) is 7. The van der Waals surface area contributed by atoms with Crippen molar-refractivity contribution in [3.8, 4) is 11.5 Å². The second kappa shape index (κ2) is 21.3. The van der Waals surface area contributed by atoms with Crippen LogP contribution in [0.25, 0.3) is 16.7 Å². The Labute approximate surface area is 439 Å². The van der Waals surface area contributed by atoms with Crippen LogP contribution in [-0.2, 0) is 61.8 Å². The first-order valence-corrected chi connectivity index (χ1v) is 30.1. The molecule has 0 saturated carbocycles. The van der Waals surface area contributed by atoms with Crippen LogP contribution in [0, 0.1) is 0 Å². The van der Waals surface area contributed by atoms with E-state index in [1.54, 1.807) is 6.07 Å². The molecule has 0 radical (unpaired) electrons. The molecule has 6 aliphatic heterocycles. The van der Waals surface area contributed by atoms with Gasteiger partial charge in [-0.3, -0.25) is 18.4 Å². The summed E-state index contributed by atoms with van der Waals surface area (Å²) in [5.41, 5.74) is 14.1. The number of fused-ring (bicyclic) bond motifs is 5. The molecule has 8 heterocycles. The second-order valence-electron chi connectivity index (χ2n) is 19.9. The lowest BCUT2D eigenvalue weighted by atomic mass is 9.81. The Morgan fingerprint density at radius 2 is 1.55 bits per heavy atom. The van der Waals surface area contributed by atoms with Crippen molar-refractivity contribution in [3.05, 3.63) is 98.1 Å². The number of aliphatic hydroxyl groups is 2. The molecule has 0 spiro atoms. The van der Waals surface area contributed by atoms with Crippen molar-refractivity contribution in [3.63, 3.8) is 0 Å². The molecule has 1 fully saturated rings. The molecule has 6 aliphatic rings. The van der Waals surface area contributed by atoms with Gasteiger partial charge in [0.05, 0.1) is 31.1 Å². The number of benzene rings is 3. The lowest BCUT2D eigenvalue weighted by molar-refractivity contribution is -0.255. The first-order chi connectivity index (χ1) is 36.9. The molecule has 5 aromatic rings. The molecule has 410 valence electrons. The Hall–Kier alpha value is -5.49. The molecule has 1 saturated heterocycles. The van der Waals surface area contributed by atoms with E-state index in [2.05, 4.69) is 50.5 Å². The molecule has 3 aromatic carbocycles. The number of aliphatic hydroxyl groups excluding tert-OH is 2. The van der Waals surface area contributed by atoms with Gasteiger partial charge in [-0.1, -0.05) is 18.9 Å². The van der Waals surface area contributed by atoms with Gasteiger partial charge < -0.3 is 60.2 Å². The van der Waals surface area contributed by atoms with Crippen molar-refractivity contribution >= 4 is 63.6 Å². The average Bonchev–Trinajstić information content (AvgIpc) is 4.15. The molecule has 11 rings (SSSR count). The number of carboxylic acid groups (broad SMARTS) is 1. The van der Waals surface area contributed by atoms with Crippen LogP contribution < -0.4 is 40.9 Å². The van der Waals surface area contributed by atoms with E-state index in [1.165, 1.54) is 45.2 Å². The number of rotatable bonds is 19. The number of aromatic nitrogens is 4. The van der Waals surface area contributed by atoms with Crippen LogP contribution in [0.3, 0.4) is 0 Å². The number of carbonyl (C=O) groups is 2.